The van der Waals surface area contributed by atoms with Crippen LogP contribution in [0.3, 0.4) is 0 Å². The molecule has 0 fully saturated rings. The second-order valence-electron chi connectivity index (χ2n) is 8.79. The first-order valence-electron chi connectivity index (χ1n) is 12.1. The summed E-state index contributed by atoms with van der Waals surface area (Å²) in [5.74, 6) is -2.82. The number of carbonyl (C=O) groups excluding carboxylic acids is 2. The highest BCUT2D eigenvalue weighted by molar-refractivity contribution is 5.86. The fourth-order valence-electron chi connectivity index (χ4n) is 5.05. The van der Waals surface area contributed by atoms with Gasteiger partial charge in [-0.05, 0) is 57.6 Å². The van der Waals surface area contributed by atoms with E-state index in [0.717, 1.165) is 22.3 Å². The lowest BCUT2D eigenvalue weighted by Gasteiger charge is -2.34. The maximum Gasteiger partial charge on any atom is 0.310 e. The molecular weight excluding hydrogens is 474 g/mol. The van der Waals surface area contributed by atoms with Gasteiger partial charge in [0.05, 0.1) is 5.41 Å². The van der Waals surface area contributed by atoms with E-state index in [1.807, 2.05) is 48.5 Å². The highest BCUT2D eigenvalue weighted by Gasteiger charge is 2.46. The van der Waals surface area contributed by atoms with E-state index in [1.54, 1.807) is 26.0 Å². The molecule has 186 valence electrons. The first-order valence-corrected chi connectivity index (χ1v) is 12.1. The zero-order valence-corrected chi connectivity index (χ0v) is 20.4. The van der Waals surface area contributed by atoms with Crippen LogP contribution in [0, 0.1) is 11.6 Å². The number of halogens is 2. The number of benzene rings is 4. The second-order valence-corrected chi connectivity index (χ2v) is 8.79. The largest absolute Gasteiger partial charge is 0.423 e. The summed E-state index contributed by atoms with van der Waals surface area (Å²) in [5.41, 5.74) is 3.60. The Kier molecular flexibility index (Phi) is 6.34. The van der Waals surface area contributed by atoms with Gasteiger partial charge in [0.15, 0.2) is 23.1 Å². The summed E-state index contributed by atoms with van der Waals surface area (Å²) in [6, 6.07) is 24.4. The highest BCUT2D eigenvalue weighted by Crippen LogP contribution is 2.56. The molecule has 0 N–H and O–H groups in total. The number of fused-ring (bicyclic) bond motifs is 3. The average molecular weight is 499 g/mol. The fourth-order valence-corrected chi connectivity index (χ4v) is 5.05. The van der Waals surface area contributed by atoms with Crippen molar-refractivity contribution < 1.29 is 27.8 Å². The van der Waals surface area contributed by atoms with Crippen LogP contribution in [-0.4, -0.2) is 11.9 Å². The Bertz CT molecular complexity index is 1410. The van der Waals surface area contributed by atoms with Crippen LogP contribution in [-0.2, 0) is 15.0 Å². The van der Waals surface area contributed by atoms with Crippen LogP contribution < -0.4 is 9.47 Å². The van der Waals surface area contributed by atoms with Crippen LogP contribution in [0.4, 0.5) is 8.78 Å². The predicted molar refractivity (Wildman–Crippen MR) is 136 cm³/mol. The van der Waals surface area contributed by atoms with E-state index in [1.165, 1.54) is 24.3 Å². The Hall–Kier alpha value is -4.32. The van der Waals surface area contributed by atoms with E-state index in [2.05, 4.69) is 0 Å². The Morgan fingerprint density at radius 2 is 1.05 bits per heavy atom. The number of esters is 2. The van der Waals surface area contributed by atoms with Crippen LogP contribution >= 0.6 is 0 Å². The summed E-state index contributed by atoms with van der Waals surface area (Å²) >= 11 is 0. The number of hydrogen-bond donors (Lipinski definition) is 0. The molecule has 1 aliphatic carbocycles. The minimum atomic E-state index is -1.07. The molecule has 0 saturated carbocycles. The molecule has 4 aromatic carbocycles. The van der Waals surface area contributed by atoms with Gasteiger partial charge in [-0.1, -0.05) is 74.5 Å². The topological polar surface area (TPSA) is 52.6 Å². The fraction of sp³-hybridized carbons (Fsp3) is 0.161. The second kappa shape index (κ2) is 9.62. The van der Waals surface area contributed by atoms with Gasteiger partial charge in [0.25, 0.3) is 0 Å². The first kappa shape index (κ1) is 24.4. The third kappa shape index (κ3) is 3.99. The molecular formula is C31H24F2O4. The lowest BCUT2D eigenvalue weighted by Crippen LogP contribution is -2.29. The normalized spacial score (nSPS) is 13.0. The van der Waals surface area contributed by atoms with E-state index in [4.69, 9.17) is 9.47 Å². The molecule has 37 heavy (non-hydrogen) atoms. The van der Waals surface area contributed by atoms with Crippen molar-refractivity contribution >= 4 is 11.9 Å². The van der Waals surface area contributed by atoms with Gasteiger partial charge < -0.3 is 9.47 Å². The van der Waals surface area contributed by atoms with Crippen molar-refractivity contribution in [3.63, 3.8) is 0 Å². The van der Waals surface area contributed by atoms with Crippen LogP contribution in [0.5, 0.6) is 11.5 Å². The minimum absolute atomic E-state index is 0.111. The van der Waals surface area contributed by atoms with Crippen LogP contribution in [0.1, 0.15) is 48.9 Å². The lowest BCUT2D eigenvalue weighted by molar-refractivity contribution is -0.135. The van der Waals surface area contributed by atoms with E-state index >= 15 is 8.78 Å². The van der Waals surface area contributed by atoms with Gasteiger partial charge in [0.2, 0.25) is 0 Å². The first-order chi connectivity index (χ1) is 17.9. The molecule has 5 rings (SSSR count). The molecule has 0 radical (unpaired) electrons. The van der Waals surface area contributed by atoms with Crippen molar-refractivity contribution in [2.45, 2.75) is 32.1 Å². The van der Waals surface area contributed by atoms with E-state index in [0.29, 0.717) is 11.1 Å². The monoisotopic (exact) mass is 498 g/mol. The Balaban J connectivity index is 1.78. The minimum Gasteiger partial charge on any atom is -0.423 e. The Morgan fingerprint density at radius 3 is 1.43 bits per heavy atom. The van der Waals surface area contributed by atoms with Crippen LogP contribution in [0.2, 0.25) is 0 Å². The zero-order chi connectivity index (χ0) is 26.2. The van der Waals surface area contributed by atoms with E-state index in [9.17, 15) is 9.59 Å². The van der Waals surface area contributed by atoms with Gasteiger partial charge >= 0.3 is 11.9 Å². The number of carbonyl (C=O) groups is 2. The molecule has 6 heteroatoms. The summed E-state index contributed by atoms with van der Waals surface area (Å²) in [7, 11) is 0. The highest BCUT2D eigenvalue weighted by atomic mass is 19.1. The van der Waals surface area contributed by atoms with Crippen molar-refractivity contribution in [2.24, 2.45) is 0 Å². The van der Waals surface area contributed by atoms with Crippen LogP contribution in [0.15, 0.2) is 84.9 Å². The summed E-state index contributed by atoms with van der Waals surface area (Å²) < 4.78 is 41.0. The van der Waals surface area contributed by atoms with E-state index in [-0.39, 0.29) is 24.3 Å². The quantitative estimate of drug-likeness (QED) is 0.188. The van der Waals surface area contributed by atoms with Crippen molar-refractivity contribution in [3.05, 3.63) is 119 Å². The van der Waals surface area contributed by atoms with Crippen molar-refractivity contribution in [2.75, 3.05) is 0 Å². The van der Waals surface area contributed by atoms with Gasteiger partial charge in [-0.3, -0.25) is 9.59 Å². The van der Waals surface area contributed by atoms with Gasteiger partial charge in [-0.2, -0.15) is 0 Å². The smallest absolute Gasteiger partial charge is 0.310 e. The predicted octanol–water partition coefficient (Wildman–Crippen LogP) is 6.96. The summed E-state index contributed by atoms with van der Waals surface area (Å²) in [6.45, 7) is 3.26. The third-order valence-electron chi connectivity index (χ3n) is 6.71. The maximum absolute atomic E-state index is 15.4. The van der Waals surface area contributed by atoms with Gasteiger partial charge in [-0.15, -0.1) is 0 Å². The van der Waals surface area contributed by atoms with Crippen molar-refractivity contribution in [3.8, 4) is 22.6 Å². The molecule has 0 heterocycles. The molecule has 0 bridgehead atoms. The Labute approximate surface area is 213 Å². The molecule has 0 saturated heterocycles. The zero-order valence-electron chi connectivity index (χ0n) is 20.4. The summed E-state index contributed by atoms with van der Waals surface area (Å²) in [6.07, 6.45) is 0.222. The average Bonchev–Trinajstić information content (AvgIpc) is 3.22. The molecule has 0 aliphatic heterocycles. The maximum atomic E-state index is 15.4. The van der Waals surface area contributed by atoms with Crippen molar-refractivity contribution in [1.82, 2.24) is 0 Å². The van der Waals surface area contributed by atoms with Gasteiger partial charge in [0.1, 0.15) is 0 Å². The number of hydrogen-bond acceptors (Lipinski definition) is 4. The molecule has 0 spiro atoms. The van der Waals surface area contributed by atoms with Crippen LogP contribution in [0.25, 0.3) is 11.1 Å². The van der Waals surface area contributed by atoms with Gasteiger partial charge in [-0.25, -0.2) is 8.78 Å². The van der Waals surface area contributed by atoms with E-state index < -0.39 is 29.0 Å². The molecule has 0 unspecified atom stereocenters. The van der Waals surface area contributed by atoms with Gasteiger partial charge in [0, 0.05) is 12.8 Å². The number of rotatable bonds is 6. The summed E-state index contributed by atoms with van der Waals surface area (Å²) in [4.78, 5) is 23.6. The summed E-state index contributed by atoms with van der Waals surface area (Å²) in [5, 5.41) is 0. The molecule has 1 aliphatic rings. The molecule has 4 aromatic rings. The SMILES string of the molecule is CCC(=O)Oc1ccc(C2(c3ccc(OC(=O)CC)c(F)c3)c3ccccc3-c3ccccc32)cc1F. The molecule has 0 aromatic heterocycles. The molecule has 0 atom stereocenters. The Morgan fingerprint density at radius 1 is 0.649 bits per heavy atom. The van der Waals surface area contributed by atoms with Crippen molar-refractivity contribution in [1.29, 1.82) is 0 Å². The molecule has 4 nitrogen and oxygen atoms in total. The molecule has 0 amide bonds. The third-order valence-corrected chi connectivity index (χ3v) is 6.71. The lowest BCUT2D eigenvalue weighted by atomic mass is 9.67. The standard InChI is InChI=1S/C31H24F2O4/c1-3-29(34)36-27-15-13-19(17-25(27)32)31(20-14-16-28(26(33)18-20)37-30(35)4-2)23-11-7-5-9-21(23)22-10-6-8-12-24(22)31/h5-18H,3-4H2,1-2H3. The number of ether oxygens (including phenoxy) is 2.